The summed E-state index contributed by atoms with van der Waals surface area (Å²) < 4.78 is 34.1. The third kappa shape index (κ3) is 22.9. The van der Waals surface area contributed by atoms with E-state index in [0.717, 1.165) is 57.8 Å². The van der Waals surface area contributed by atoms with E-state index in [0.29, 0.717) is 6.42 Å². The van der Waals surface area contributed by atoms with Gasteiger partial charge in [0.25, 0.3) is 0 Å². The molecule has 0 aromatic heterocycles. The molecule has 0 aromatic rings. The van der Waals surface area contributed by atoms with Crippen LogP contribution in [0.3, 0.4) is 0 Å². The highest BCUT2D eigenvalue weighted by molar-refractivity contribution is 5.76. The Morgan fingerprint density at radius 3 is 1.35 bits per heavy atom. The van der Waals surface area contributed by atoms with Gasteiger partial charge in [-0.1, -0.05) is 147 Å². The zero-order valence-electron chi connectivity index (χ0n) is 43.4. The molecule has 3 rings (SSSR count). The van der Waals surface area contributed by atoms with E-state index in [1.165, 1.54) is 89.9 Å². The quantitative estimate of drug-likeness (QED) is 0.0311. The summed E-state index contributed by atoms with van der Waals surface area (Å²) in [7, 11) is 0. The van der Waals surface area contributed by atoms with Gasteiger partial charge in [0, 0.05) is 6.42 Å². The molecule has 12 N–H and O–H groups in total. The van der Waals surface area contributed by atoms with Crippen LogP contribution in [-0.2, 0) is 33.2 Å². The molecule has 17 unspecified atom stereocenters. The minimum atomic E-state index is -1.98. The van der Waals surface area contributed by atoms with Gasteiger partial charge in [-0.05, 0) is 44.9 Å². The molecule has 0 radical (unpaired) electrons. The van der Waals surface area contributed by atoms with Gasteiger partial charge in [-0.3, -0.25) is 4.79 Å². The normalized spacial score (nSPS) is 32.2. The lowest BCUT2D eigenvalue weighted by atomic mass is 9.96. The van der Waals surface area contributed by atoms with E-state index >= 15 is 0 Å². The molecule has 1 amide bonds. The van der Waals surface area contributed by atoms with Gasteiger partial charge in [0.2, 0.25) is 5.91 Å². The maximum Gasteiger partial charge on any atom is 0.220 e. The lowest BCUT2D eigenvalue weighted by Gasteiger charge is -2.48. The highest BCUT2D eigenvalue weighted by atomic mass is 16.8. The van der Waals surface area contributed by atoms with Gasteiger partial charge in [0.1, 0.15) is 73.2 Å². The van der Waals surface area contributed by atoms with E-state index in [2.05, 4.69) is 31.3 Å². The second kappa shape index (κ2) is 37.9. The number of ether oxygens (including phenoxy) is 6. The van der Waals surface area contributed by atoms with Crippen LogP contribution in [0.25, 0.3) is 0 Å². The number of hydrogen-bond acceptors (Lipinski definition) is 18. The molecular weight excluding hydrogens is 939 g/mol. The van der Waals surface area contributed by atoms with Crippen LogP contribution in [0.1, 0.15) is 174 Å². The number of hydrogen-bond donors (Lipinski definition) is 12. The summed E-state index contributed by atoms with van der Waals surface area (Å²) in [5.74, 6) is -0.284. The van der Waals surface area contributed by atoms with Crippen LogP contribution >= 0.6 is 0 Å². The summed E-state index contributed by atoms with van der Waals surface area (Å²) in [5, 5.41) is 120. The number of nitrogens with one attached hydrogen (secondary N) is 1. The predicted molar refractivity (Wildman–Crippen MR) is 268 cm³/mol. The number of rotatable bonds is 39. The largest absolute Gasteiger partial charge is 0.394 e. The summed E-state index contributed by atoms with van der Waals surface area (Å²) in [6.45, 7) is 1.66. The fourth-order valence-electron chi connectivity index (χ4n) is 9.36. The Hall–Kier alpha value is -1.73. The number of amides is 1. The minimum Gasteiger partial charge on any atom is -0.394 e. The van der Waals surface area contributed by atoms with E-state index < -0.39 is 124 Å². The molecule has 0 aromatic carbocycles. The van der Waals surface area contributed by atoms with Crippen molar-refractivity contribution in [3.63, 3.8) is 0 Å². The van der Waals surface area contributed by atoms with Crippen LogP contribution in [-0.4, -0.2) is 193 Å². The second-order valence-electron chi connectivity index (χ2n) is 20.0. The molecule has 3 aliphatic heterocycles. The first kappa shape index (κ1) is 64.6. The average Bonchev–Trinajstić information content (AvgIpc) is 3.37. The van der Waals surface area contributed by atoms with Crippen LogP contribution in [0.2, 0.25) is 0 Å². The van der Waals surface area contributed by atoms with Crippen molar-refractivity contribution in [2.75, 3.05) is 26.4 Å². The molecule has 0 saturated carbocycles. The summed E-state index contributed by atoms with van der Waals surface area (Å²) in [5.41, 5.74) is 0. The zero-order chi connectivity index (χ0) is 52.7. The van der Waals surface area contributed by atoms with Crippen molar-refractivity contribution in [3.8, 4) is 0 Å². The molecular formula is C53H97NO18. The summed E-state index contributed by atoms with van der Waals surface area (Å²) in [6.07, 6.45) is 9.02. The summed E-state index contributed by atoms with van der Waals surface area (Å²) >= 11 is 0. The smallest absolute Gasteiger partial charge is 0.220 e. The fourth-order valence-corrected chi connectivity index (χ4v) is 9.36. The minimum absolute atomic E-state index is 0.239. The number of aliphatic hydroxyl groups is 11. The van der Waals surface area contributed by atoms with Gasteiger partial charge in [0.05, 0.1) is 38.6 Å². The third-order valence-corrected chi connectivity index (χ3v) is 14.0. The predicted octanol–water partition coefficient (Wildman–Crippen LogP) is 3.20. The van der Waals surface area contributed by atoms with Gasteiger partial charge in [-0.25, -0.2) is 0 Å². The Morgan fingerprint density at radius 1 is 0.486 bits per heavy atom. The van der Waals surface area contributed by atoms with Crippen LogP contribution in [0.5, 0.6) is 0 Å². The van der Waals surface area contributed by atoms with Gasteiger partial charge < -0.3 is 89.9 Å². The Kier molecular flexibility index (Phi) is 34.0. The zero-order valence-corrected chi connectivity index (χ0v) is 43.4. The molecule has 17 atom stereocenters. The lowest BCUT2D eigenvalue weighted by molar-refractivity contribution is -0.379. The van der Waals surface area contributed by atoms with Crippen molar-refractivity contribution in [2.24, 2.45) is 0 Å². The van der Waals surface area contributed by atoms with Gasteiger partial charge in [0.15, 0.2) is 18.9 Å². The van der Waals surface area contributed by atoms with Gasteiger partial charge in [-0.2, -0.15) is 0 Å². The molecule has 3 saturated heterocycles. The molecule has 19 heteroatoms. The van der Waals surface area contributed by atoms with E-state index in [1.54, 1.807) is 6.08 Å². The maximum absolute atomic E-state index is 13.2. The van der Waals surface area contributed by atoms with E-state index in [4.69, 9.17) is 28.4 Å². The highest BCUT2D eigenvalue weighted by Gasteiger charge is 2.53. The highest BCUT2D eigenvalue weighted by Crippen LogP contribution is 2.33. The van der Waals surface area contributed by atoms with Crippen molar-refractivity contribution in [1.29, 1.82) is 0 Å². The first-order valence-corrected chi connectivity index (χ1v) is 27.6. The topological polar surface area (TPSA) is 307 Å². The molecule has 72 heavy (non-hydrogen) atoms. The molecule has 0 spiro atoms. The Morgan fingerprint density at radius 2 is 0.875 bits per heavy atom. The van der Waals surface area contributed by atoms with E-state index in [1.807, 2.05) is 6.08 Å². The number of carbonyl (C=O) groups excluding carboxylic acids is 1. The Balaban J connectivity index is 1.51. The molecule has 3 aliphatic rings. The first-order chi connectivity index (χ1) is 34.8. The maximum atomic E-state index is 13.2. The fraction of sp³-hybridized carbons (Fsp3) is 0.906. The van der Waals surface area contributed by atoms with Crippen LogP contribution in [0, 0.1) is 0 Å². The van der Waals surface area contributed by atoms with Crippen LogP contribution < -0.4 is 5.32 Å². The van der Waals surface area contributed by atoms with E-state index in [-0.39, 0.29) is 18.9 Å². The summed E-state index contributed by atoms with van der Waals surface area (Å²) in [4.78, 5) is 13.2. The monoisotopic (exact) mass is 1040 g/mol. The second-order valence-corrected chi connectivity index (χ2v) is 20.0. The SMILES string of the molecule is CCCCCCCCC/C=C\CCCCCCCCCC(=O)NC(COC1OC(CO)C(OC2OC(CO)C(OC3OC(CO)C(O)C(O)C3O)C(O)C2O)C(O)C1O)C(O)/C=C/CCCCCCCCC. The van der Waals surface area contributed by atoms with Crippen molar-refractivity contribution < 1.29 is 89.4 Å². The summed E-state index contributed by atoms with van der Waals surface area (Å²) in [6, 6.07) is -0.970. The molecule has 422 valence electrons. The molecule has 0 aliphatic carbocycles. The molecule has 3 fully saturated rings. The number of allylic oxidation sites excluding steroid dienone is 3. The van der Waals surface area contributed by atoms with Crippen LogP contribution in [0.4, 0.5) is 0 Å². The van der Waals surface area contributed by atoms with Crippen LogP contribution in [0.15, 0.2) is 24.3 Å². The van der Waals surface area contributed by atoms with Crippen molar-refractivity contribution in [2.45, 2.75) is 279 Å². The number of unbranched alkanes of at least 4 members (excludes halogenated alkanes) is 21. The van der Waals surface area contributed by atoms with Gasteiger partial charge >= 0.3 is 0 Å². The standard InChI is InChI=1S/C53H97NO18/c1-3-5-7-9-11-13-14-15-16-17-18-19-20-21-23-25-27-29-31-41(59)54-36(37(58)30-28-26-24-22-12-10-8-6-4-2)35-67-51-47(65)44(62)49(39(33-56)69-51)72-53-48(66)45(63)50(40(34-57)70-53)71-52-46(64)43(61)42(60)38(32-55)68-52/h16-17,28,30,36-40,42-53,55-58,60-66H,3-15,18-27,29,31-35H2,1-2H3,(H,54,59)/b17-16-,30-28+. The number of aliphatic hydroxyl groups excluding tert-OH is 11. The lowest BCUT2D eigenvalue weighted by Crippen LogP contribution is -2.66. The Bertz CT molecular complexity index is 1430. The van der Waals surface area contributed by atoms with Crippen molar-refractivity contribution >= 4 is 5.91 Å². The molecule has 0 bridgehead atoms. The van der Waals surface area contributed by atoms with Crippen molar-refractivity contribution in [1.82, 2.24) is 5.32 Å². The average molecular weight is 1040 g/mol. The third-order valence-electron chi connectivity index (χ3n) is 14.0. The van der Waals surface area contributed by atoms with E-state index in [9.17, 15) is 61.0 Å². The Labute approximate surface area is 428 Å². The first-order valence-electron chi connectivity index (χ1n) is 27.6. The number of carbonyl (C=O) groups is 1. The van der Waals surface area contributed by atoms with Gasteiger partial charge in [-0.15, -0.1) is 0 Å². The molecule has 19 nitrogen and oxygen atoms in total. The molecule has 3 heterocycles. The van der Waals surface area contributed by atoms with Crippen molar-refractivity contribution in [3.05, 3.63) is 24.3 Å².